The van der Waals surface area contributed by atoms with Gasteiger partial charge in [0.05, 0.1) is 6.04 Å². The van der Waals surface area contributed by atoms with E-state index in [0.717, 1.165) is 30.1 Å². The molecular formula is C27H28F2N2. The van der Waals surface area contributed by atoms with Crippen LogP contribution in [0.15, 0.2) is 42.5 Å². The van der Waals surface area contributed by atoms with Crippen LogP contribution in [0.4, 0.5) is 8.78 Å². The number of fused-ring (bicyclic) bond motifs is 3. The Bertz CT molecular complexity index is 1170. The van der Waals surface area contributed by atoms with Crippen molar-refractivity contribution in [2.45, 2.75) is 51.6 Å². The van der Waals surface area contributed by atoms with Gasteiger partial charge in [-0.25, -0.2) is 8.78 Å². The van der Waals surface area contributed by atoms with E-state index in [-0.39, 0.29) is 11.6 Å². The molecule has 2 heterocycles. The molecule has 0 saturated heterocycles. The van der Waals surface area contributed by atoms with E-state index in [1.54, 1.807) is 12.2 Å². The van der Waals surface area contributed by atoms with Crippen molar-refractivity contribution in [3.8, 4) is 0 Å². The van der Waals surface area contributed by atoms with Gasteiger partial charge < -0.3 is 4.98 Å². The van der Waals surface area contributed by atoms with Crippen LogP contribution in [-0.4, -0.2) is 22.5 Å². The third kappa shape index (κ3) is 2.84. The minimum Gasteiger partial charge on any atom is -0.357 e. The van der Waals surface area contributed by atoms with Crippen LogP contribution in [0.5, 0.6) is 0 Å². The second kappa shape index (κ2) is 6.77. The van der Waals surface area contributed by atoms with Gasteiger partial charge in [-0.3, -0.25) is 4.90 Å². The first-order chi connectivity index (χ1) is 15.0. The SMILES string of the molecule is C/C=C/c1cc(F)c([C@@H]2c3[nH]c4ccccc4c3C[C@@H](C)N2CC23CC(C2)C3)c(F)c1. The van der Waals surface area contributed by atoms with Crippen molar-refractivity contribution < 1.29 is 8.78 Å². The standard InChI is InChI=1S/C27H28F2N2/c1-3-6-17-10-21(28)24(22(29)11-17)26-25-20(19-7-4-5-8-23(19)30-25)9-16(2)31(26)15-27-12-18(13-27)14-27/h3-8,10-11,16,18,26,30H,9,12-15H2,1-2H3/b6-3+/t16-,18?,26-,27?/m1/s1. The number of aromatic amines is 1. The van der Waals surface area contributed by atoms with Gasteiger partial charge in [0.1, 0.15) is 11.6 Å². The Morgan fingerprint density at radius 3 is 2.48 bits per heavy atom. The molecular weight excluding hydrogens is 390 g/mol. The van der Waals surface area contributed by atoms with Gasteiger partial charge in [0.25, 0.3) is 0 Å². The molecule has 3 aromatic rings. The molecule has 1 N–H and O–H groups in total. The molecule has 1 aromatic heterocycles. The maximum absolute atomic E-state index is 15.5. The first kappa shape index (κ1) is 19.2. The molecule has 1 aliphatic heterocycles. The molecule has 0 radical (unpaired) electrons. The third-order valence-electron chi connectivity index (χ3n) is 7.93. The Morgan fingerprint density at radius 2 is 1.84 bits per heavy atom. The number of hydrogen-bond donors (Lipinski definition) is 1. The molecule has 160 valence electrons. The lowest BCUT2D eigenvalue weighted by molar-refractivity contribution is -0.135. The molecule has 2 nitrogen and oxygen atoms in total. The predicted molar refractivity (Wildman–Crippen MR) is 121 cm³/mol. The van der Waals surface area contributed by atoms with Crippen molar-refractivity contribution in [3.63, 3.8) is 0 Å². The van der Waals surface area contributed by atoms with Gasteiger partial charge in [0, 0.05) is 34.7 Å². The summed E-state index contributed by atoms with van der Waals surface area (Å²) >= 11 is 0. The smallest absolute Gasteiger partial charge is 0.131 e. The molecule has 31 heavy (non-hydrogen) atoms. The summed E-state index contributed by atoms with van der Waals surface area (Å²) in [6.45, 7) is 4.99. The fraction of sp³-hybridized carbons (Fsp3) is 0.407. The van der Waals surface area contributed by atoms with Crippen molar-refractivity contribution in [1.82, 2.24) is 9.88 Å². The van der Waals surface area contributed by atoms with E-state index in [0.29, 0.717) is 11.0 Å². The van der Waals surface area contributed by atoms with Crippen molar-refractivity contribution in [2.24, 2.45) is 11.3 Å². The predicted octanol–water partition coefficient (Wildman–Crippen LogP) is 6.62. The lowest BCUT2D eigenvalue weighted by atomic mass is 9.44. The summed E-state index contributed by atoms with van der Waals surface area (Å²) in [6, 6.07) is 11.0. The quantitative estimate of drug-likeness (QED) is 0.505. The Balaban J connectivity index is 1.53. The topological polar surface area (TPSA) is 19.0 Å². The van der Waals surface area contributed by atoms with Gasteiger partial charge in [-0.2, -0.15) is 0 Å². The van der Waals surface area contributed by atoms with E-state index in [2.05, 4.69) is 28.9 Å². The molecule has 4 heteroatoms. The summed E-state index contributed by atoms with van der Waals surface area (Å²) < 4.78 is 31.0. The molecule has 3 saturated carbocycles. The Kier molecular flexibility index (Phi) is 4.20. The highest BCUT2D eigenvalue weighted by Gasteiger charge is 2.58. The monoisotopic (exact) mass is 418 g/mol. The molecule has 2 bridgehead atoms. The first-order valence-corrected chi connectivity index (χ1v) is 11.4. The van der Waals surface area contributed by atoms with E-state index in [1.165, 1.54) is 42.3 Å². The average Bonchev–Trinajstić information content (AvgIpc) is 3.03. The Hall–Kier alpha value is -2.46. The van der Waals surface area contributed by atoms with Crippen LogP contribution < -0.4 is 0 Å². The highest BCUT2D eigenvalue weighted by Crippen LogP contribution is 2.65. The number of benzene rings is 2. The molecule has 2 atom stereocenters. The minimum absolute atomic E-state index is 0.180. The van der Waals surface area contributed by atoms with Crippen LogP contribution in [0.3, 0.4) is 0 Å². The normalized spacial score (nSPS) is 29.7. The summed E-state index contributed by atoms with van der Waals surface area (Å²) in [5.41, 5.74) is 4.31. The number of aromatic nitrogens is 1. The summed E-state index contributed by atoms with van der Waals surface area (Å²) in [6.07, 6.45) is 8.26. The second-order valence-corrected chi connectivity index (χ2v) is 10.1. The maximum atomic E-state index is 15.5. The second-order valence-electron chi connectivity index (χ2n) is 10.1. The zero-order valence-electron chi connectivity index (χ0n) is 18.1. The van der Waals surface area contributed by atoms with Gasteiger partial charge >= 0.3 is 0 Å². The van der Waals surface area contributed by atoms with Crippen LogP contribution in [-0.2, 0) is 6.42 Å². The Morgan fingerprint density at radius 1 is 1.13 bits per heavy atom. The molecule has 7 rings (SSSR count). The average molecular weight is 419 g/mol. The molecule has 0 unspecified atom stereocenters. The lowest BCUT2D eigenvalue weighted by Gasteiger charge is -2.64. The largest absolute Gasteiger partial charge is 0.357 e. The van der Waals surface area contributed by atoms with E-state index in [4.69, 9.17) is 0 Å². The fourth-order valence-corrected chi connectivity index (χ4v) is 6.46. The van der Waals surface area contributed by atoms with Gasteiger partial charge in [-0.1, -0.05) is 30.4 Å². The van der Waals surface area contributed by atoms with Gasteiger partial charge in [0.15, 0.2) is 0 Å². The van der Waals surface area contributed by atoms with Gasteiger partial charge in [-0.15, -0.1) is 0 Å². The number of allylic oxidation sites excluding steroid dienone is 1. The number of nitrogens with one attached hydrogen (secondary N) is 1. The summed E-state index contributed by atoms with van der Waals surface area (Å²) in [5, 5.41) is 1.17. The van der Waals surface area contributed by atoms with Gasteiger partial charge in [-0.05, 0) is 80.2 Å². The van der Waals surface area contributed by atoms with E-state index < -0.39 is 17.7 Å². The maximum Gasteiger partial charge on any atom is 0.131 e. The number of halogens is 2. The van der Waals surface area contributed by atoms with Crippen LogP contribution >= 0.6 is 0 Å². The molecule has 3 fully saturated rings. The number of nitrogens with zero attached hydrogens (tertiary/aromatic N) is 1. The van der Waals surface area contributed by atoms with Gasteiger partial charge in [0.2, 0.25) is 0 Å². The van der Waals surface area contributed by atoms with E-state index in [1.807, 2.05) is 19.1 Å². The lowest BCUT2D eigenvalue weighted by Crippen LogP contribution is -2.60. The molecule has 2 aromatic carbocycles. The van der Waals surface area contributed by atoms with Crippen LogP contribution in [0, 0.1) is 23.0 Å². The zero-order chi connectivity index (χ0) is 21.3. The van der Waals surface area contributed by atoms with Crippen molar-refractivity contribution in [2.75, 3.05) is 6.54 Å². The first-order valence-electron chi connectivity index (χ1n) is 11.4. The molecule has 4 aliphatic rings. The summed E-state index contributed by atoms with van der Waals surface area (Å²) in [4.78, 5) is 5.93. The van der Waals surface area contributed by atoms with Crippen LogP contribution in [0.2, 0.25) is 0 Å². The van der Waals surface area contributed by atoms with E-state index in [9.17, 15) is 0 Å². The van der Waals surface area contributed by atoms with Crippen LogP contribution in [0.25, 0.3) is 17.0 Å². The fourth-order valence-electron chi connectivity index (χ4n) is 6.46. The number of hydrogen-bond acceptors (Lipinski definition) is 1. The molecule has 0 amide bonds. The van der Waals surface area contributed by atoms with Crippen molar-refractivity contribution in [3.05, 3.63) is 76.5 Å². The number of rotatable bonds is 4. The zero-order valence-corrected chi connectivity index (χ0v) is 18.1. The summed E-state index contributed by atoms with van der Waals surface area (Å²) in [5.74, 6) is -0.0328. The van der Waals surface area contributed by atoms with Crippen LogP contribution in [0.1, 0.15) is 61.5 Å². The van der Waals surface area contributed by atoms with E-state index >= 15 is 8.78 Å². The molecule has 0 spiro atoms. The molecule has 3 aliphatic carbocycles. The third-order valence-corrected chi connectivity index (χ3v) is 7.93. The Labute approximate surface area is 182 Å². The van der Waals surface area contributed by atoms with Crippen molar-refractivity contribution >= 4 is 17.0 Å². The summed E-state index contributed by atoms with van der Waals surface area (Å²) in [7, 11) is 0. The minimum atomic E-state index is -0.459. The number of para-hydroxylation sites is 1. The highest BCUT2D eigenvalue weighted by atomic mass is 19.1. The number of H-pyrrole nitrogens is 1. The van der Waals surface area contributed by atoms with Crippen molar-refractivity contribution in [1.29, 1.82) is 0 Å². The highest BCUT2D eigenvalue weighted by molar-refractivity contribution is 5.85.